The van der Waals surface area contributed by atoms with Gasteiger partial charge in [-0.25, -0.2) is 4.39 Å². The van der Waals surface area contributed by atoms with Gasteiger partial charge in [0, 0.05) is 38.8 Å². The molecule has 1 aliphatic heterocycles. The quantitative estimate of drug-likeness (QED) is 0.914. The Balaban J connectivity index is 1.88. The van der Waals surface area contributed by atoms with Gasteiger partial charge in [-0.3, -0.25) is 9.69 Å². The maximum atomic E-state index is 13.7. The number of rotatable bonds is 4. The topological polar surface area (TPSA) is 35.6 Å². The summed E-state index contributed by atoms with van der Waals surface area (Å²) in [6.45, 7) is 8.73. The lowest BCUT2D eigenvalue weighted by Crippen LogP contribution is -2.49. The van der Waals surface area contributed by atoms with Crippen LogP contribution in [0, 0.1) is 12.7 Å². The predicted molar refractivity (Wildman–Crippen MR) is 82.0 cm³/mol. The van der Waals surface area contributed by atoms with Crippen molar-refractivity contribution in [2.45, 2.75) is 19.9 Å². The van der Waals surface area contributed by atoms with Crippen LogP contribution >= 0.6 is 0 Å². The van der Waals surface area contributed by atoms with Crippen molar-refractivity contribution in [3.8, 4) is 0 Å². The average molecular weight is 293 g/mol. The van der Waals surface area contributed by atoms with E-state index in [1.807, 2.05) is 13.8 Å². The largest absolute Gasteiger partial charge is 0.348 e. The highest BCUT2D eigenvalue weighted by atomic mass is 19.1. The number of piperazine rings is 1. The van der Waals surface area contributed by atoms with E-state index in [1.165, 1.54) is 6.07 Å². The highest BCUT2D eigenvalue weighted by Gasteiger charge is 2.19. The maximum Gasteiger partial charge on any atom is 0.254 e. The van der Waals surface area contributed by atoms with Gasteiger partial charge in [0.25, 0.3) is 5.91 Å². The molecule has 0 spiro atoms. The van der Waals surface area contributed by atoms with Crippen LogP contribution in [0.25, 0.3) is 0 Å². The molecule has 1 fully saturated rings. The maximum absolute atomic E-state index is 13.7. The fourth-order valence-electron chi connectivity index (χ4n) is 2.58. The lowest BCUT2D eigenvalue weighted by atomic mass is 10.1. The molecule has 1 aromatic carbocycles. The Morgan fingerprint density at radius 1 is 1.33 bits per heavy atom. The molecular formula is C16H24FN3O. The van der Waals surface area contributed by atoms with Crippen molar-refractivity contribution in [1.82, 2.24) is 15.1 Å². The van der Waals surface area contributed by atoms with E-state index >= 15 is 0 Å². The molecule has 116 valence electrons. The Kier molecular flexibility index (Phi) is 5.31. The molecule has 1 heterocycles. The summed E-state index contributed by atoms with van der Waals surface area (Å²) in [4.78, 5) is 16.8. The molecule has 0 bridgehead atoms. The third-order valence-corrected chi connectivity index (χ3v) is 3.87. The summed E-state index contributed by atoms with van der Waals surface area (Å²) in [5, 5.41) is 2.89. The minimum absolute atomic E-state index is 0.000758. The third-order valence-electron chi connectivity index (χ3n) is 3.87. The number of nitrogens with zero attached hydrogens (tertiary/aromatic N) is 2. The van der Waals surface area contributed by atoms with Gasteiger partial charge in [0.15, 0.2) is 0 Å². The van der Waals surface area contributed by atoms with Crippen molar-refractivity contribution in [3.05, 3.63) is 35.1 Å². The first-order chi connectivity index (χ1) is 9.95. The molecule has 2 rings (SSSR count). The second kappa shape index (κ2) is 7.00. The molecule has 5 heteroatoms. The van der Waals surface area contributed by atoms with Crippen LogP contribution in [0.15, 0.2) is 18.2 Å². The molecular weight excluding hydrogens is 269 g/mol. The number of hydrogen-bond donors (Lipinski definition) is 1. The molecule has 4 nitrogen and oxygen atoms in total. The van der Waals surface area contributed by atoms with Gasteiger partial charge in [-0.05, 0) is 33.0 Å². The molecule has 1 aliphatic rings. The van der Waals surface area contributed by atoms with Crippen molar-refractivity contribution >= 4 is 5.91 Å². The molecule has 1 N–H and O–H groups in total. The SMILES string of the molecule is Cc1ccc(F)c(C(=O)N[C@H](C)CN2CCN(C)CC2)c1. The van der Waals surface area contributed by atoms with Gasteiger partial charge < -0.3 is 10.2 Å². The Morgan fingerprint density at radius 2 is 2.00 bits per heavy atom. The number of aryl methyl sites for hydroxylation is 1. The number of amides is 1. The molecule has 0 saturated carbocycles. The van der Waals surface area contributed by atoms with Gasteiger partial charge in [0.05, 0.1) is 5.56 Å². The molecule has 0 aromatic heterocycles. The summed E-state index contributed by atoms with van der Waals surface area (Å²) in [7, 11) is 2.11. The Labute approximate surface area is 125 Å². The molecule has 21 heavy (non-hydrogen) atoms. The Hall–Kier alpha value is -1.46. The van der Waals surface area contributed by atoms with Crippen LogP contribution in [-0.4, -0.2) is 61.5 Å². The summed E-state index contributed by atoms with van der Waals surface area (Å²) in [5.41, 5.74) is 1.01. The van der Waals surface area contributed by atoms with Crippen molar-refractivity contribution in [2.75, 3.05) is 39.8 Å². The van der Waals surface area contributed by atoms with E-state index in [-0.39, 0.29) is 17.5 Å². The number of benzene rings is 1. The zero-order chi connectivity index (χ0) is 15.4. The van der Waals surface area contributed by atoms with E-state index in [4.69, 9.17) is 0 Å². The smallest absolute Gasteiger partial charge is 0.254 e. The van der Waals surface area contributed by atoms with Crippen LogP contribution < -0.4 is 5.32 Å². The van der Waals surface area contributed by atoms with E-state index in [0.717, 1.165) is 38.3 Å². The average Bonchev–Trinajstić information content (AvgIpc) is 2.44. The second-order valence-electron chi connectivity index (χ2n) is 5.96. The monoisotopic (exact) mass is 293 g/mol. The van der Waals surface area contributed by atoms with Crippen LogP contribution in [0.4, 0.5) is 4.39 Å². The summed E-state index contributed by atoms with van der Waals surface area (Å²) in [6.07, 6.45) is 0. The van der Waals surface area contributed by atoms with E-state index in [1.54, 1.807) is 12.1 Å². The minimum Gasteiger partial charge on any atom is -0.348 e. The minimum atomic E-state index is -0.468. The first-order valence-electron chi connectivity index (χ1n) is 7.43. The first-order valence-corrected chi connectivity index (χ1v) is 7.43. The molecule has 1 aromatic rings. The number of hydrogen-bond acceptors (Lipinski definition) is 3. The van der Waals surface area contributed by atoms with Crippen LogP contribution in [0.3, 0.4) is 0 Å². The fourth-order valence-corrected chi connectivity index (χ4v) is 2.58. The molecule has 1 atom stereocenters. The summed E-state index contributed by atoms with van der Waals surface area (Å²) < 4.78 is 13.7. The van der Waals surface area contributed by atoms with E-state index in [0.29, 0.717) is 0 Å². The van der Waals surface area contributed by atoms with Crippen molar-refractivity contribution in [3.63, 3.8) is 0 Å². The molecule has 1 saturated heterocycles. The standard InChI is InChI=1S/C16H24FN3O/c1-12-4-5-15(17)14(10-12)16(21)18-13(2)11-20-8-6-19(3)7-9-20/h4-5,10,13H,6-9,11H2,1-3H3,(H,18,21)/t13-/m1/s1. The molecule has 0 radical (unpaired) electrons. The zero-order valence-electron chi connectivity index (χ0n) is 13.0. The normalized spacial score (nSPS) is 18.5. The van der Waals surface area contributed by atoms with Crippen molar-refractivity contribution in [2.24, 2.45) is 0 Å². The van der Waals surface area contributed by atoms with Crippen LogP contribution in [0.5, 0.6) is 0 Å². The van der Waals surface area contributed by atoms with Gasteiger partial charge in [-0.2, -0.15) is 0 Å². The lowest BCUT2D eigenvalue weighted by molar-refractivity contribution is 0.0910. The number of halogens is 1. The van der Waals surface area contributed by atoms with Crippen molar-refractivity contribution in [1.29, 1.82) is 0 Å². The predicted octanol–water partition coefficient (Wildman–Crippen LogP) is 1.50. The van der Waals surface area contributed by atoms with Gasteiger partial charge in [0.1, 0.15) is 5.82 Å². The van der Waals surface area contributed by atoms with Crippen LogP contribution in [0.1, 0.15) is 22.8 Å². The molecule has 1 amide bonds. The number of carbonyl (C=O) groups is 1. The van der Waals surface area contributed by atoms with E-state index in [9.17, 15) is 9.18 Å². The van der Waals surface area contributed by atoms with Gasteiger partial charge in [-0.1, -0.05) is 11.6 Å². The Bertz CT molecular complexity index is 498. The number of nitrogens with one attached hydrogen (secondary N) is 1. The second-order valence-corrected chi connectivity index (χ2v) is 5.96. The van der Waals surface area contributed by atoms with Gasteiger partial charge in [-0.15, -0.1) is 0 Å². The van der Waals surface area contributed by atoms with Gasteiger partial charge >= 0.3 is 0 Å². The third kappa shape index (κ3) is 4.51. The van der Waals surface area contributed by atoms with Crippen molar-refractivity contribution < 1.29 is 9.18 Å². The molecule has 0 aliphatic carbocycles. The van der Waals surface area contributed by atoms with Crippen LogP contribution in [0.2, 0.25) is 0 Å². The lowest BCUT2D eigenvalue weighted by Gasteiger charge is -2.34. The van der Waals surface area contributed by atoms with Gasteiger partial charge in [0.2, 0.25) is 0 Å². The summed E-state index contributed by atoms with van der Waals surface area (Å²) >= 11 is 0. The highest BCUT2D eigenvalue weighted by Crippen LogP contribution is 2.10. The first kappa shape index (κ1) is 15.9. The number of carbonyl (C=O) groups excluding carboxylic acids is 1. The molecule has 0 unspecified atom stereocenters. The Morgan fingerprint density at radius 3 is 2.67 bits per heavy atom. The zero-order valence-corrected chi connectivity index (χ0v) is 13.0. The number of likely N-dealkylation sites (N-methyl/N-ethyl adjacent to an activating group) is 1. The summed E-state index contributed by atoms with van der Waals surface area (Å²) in [5.74, 6) is -0.803. The summed E-state index contributed by atoms with van der Waals surface area (Å²) in [6, 6.07) is 4.60. The highest BCUT2D eigenvalue weighted by molar-refractivity contribution is 5.94. The fraction of sp³-hybridized carbons (Fsp3) is 0.562. The van der Waals surface area contributed by atoms with E-state index in [2.05, 4.69) is 22.2 Å². The van der Waals surface area contributed by atoms with E-state index < -0.39 is 5.82 Å². The van der Waals surface area contributed by atoms with Crippen LogP contribution in [-0.2, 0) is 0 Å².